The van der Waals surface area contributed by atoms with Crippen molar-refractivity contribution in [1.29, 1.82) is 0 Å². The molecule has 0 radical (unpaired) electrons. The normalized spacial score (nSPS) is 11.0. The number of nitrogens with one attached hydrogen (secondary N) is 2. The van der Waals surface area contributed by atoms with Crippen LogP contribution >= 0.6 is 11.3 Å². The molecule has 0 aliphatic carbocycles. The lowest BCUT2D eigenvalue weighted by molar-refractivity contribution is -0.115. The first kappa shape index (κ1) is 24.4. The number of ether oxygens (including phenoxy) is 2. The van der Waals surface area contributed by atoms with E-state index in [0.29, 0.717) is 11.3 Å². The number of benzene rings is 1. The summed E-state index contributed by atoms with van der Waals surface area (Å²) in [6, 6.07) is 5.86. The molecule has 0 unspecified atom stereocenters. The van der Waals surface area contributed by atoms with Gasteiger partial charge in [-0.1, -0.05) is 0 Å². The van der Waals surface area contributed by atoms with Crippen LogP contribution in [0.4, 0.5) is 5.00 Å². The van der Waals surface area contributed by atoms with Crippen molar-refractivity contribution in [3.8, 4) is 5.75 Å². The number of rotatable bonds is 9. The summed E-state index contributed by atoms with van der Waals surface area (Å²) in [7, 11) is -0.794. The molecule has 31 heavy (non-hydrogen) atoms. The molecule has 1 aromatic heterocycles. The van der Waals surface area contributed by atoms with Gasteiger partial charge in [0.15, 0.2) is 9.84 Å². The topological polar surface area (TPSA) is 128 Å². The third-order valence-corrected chi connectivity index (χ3v) is 7.25. The van der Waals surface area contributed by atoms with E-state index in [1.165, 1.54) is 38.4 Å². The lowest BCUT2D eigenvalue weighted by Crippen LogP contribution is -2.22. The molecule has 0 fully saturated rings. The SMILES string of the molecule is CCOC(=O)c1sc(NC(=O)CCS(=O)(=O)c2ccc(OC)cc2)c(C(=O)NC)c1C. The van der Waals surface area contributed by atoms with Crippen molar-refractivity contribution in [1.82, 2.24) is 5.32 Å². The lowest BCUT2D eigenvalue weighted by Gasteiger charge is -2.08. The van der Waals surface area contributed by atoms with Crippen LogP contribution < -0.4 is 15.4 Å². The minimum Gasteiger partial charge on any atom is -0.497 e. The molecule has 2 amide bonds. The molecule has 0 bridgehead atoms. The molecular formula is C20H24N2O7S2. The molecular weight excluding hydrogens is 444 g/mol. The quantitative estimate of drug-likeness (QED) is 0.541. The summed E-state index contributed by atoms with van der Waals surface area (Å²) in [5, 5.41) is 5.18. The standard InChI is InChI=1S/C20H24N2O7S2/c1-5-29-20(25)17-12(2)16(18(24)21-3)19(30-17)22-15(23)10-11-31(26,27)14-8-6-13(28-4)7-9-14/h6-9H,5,10-11H2,1-4H3,(H,21,24)(H,22,23). The maximum atomic E-state index is 12.5. The molecule has 0 aliphatic rings. The number of hydrogen-bond donors (Lipinski definition) is 2. The first-order chi connectivity index (χ1) is 14.6. The Bertz CT molecular complexity index is 1070. The van der Waals surface area contributed by atoms with E-state index in [1.807, 2.05) is 0 Å². The Hall–Kier alpha value is -2.92. The Kier molecular flexibility index (Phi) is 8.17. The molecule has 1 aromatic carbocycles. The van der Waals surface area contributed by atoms with Gasteiger partial charge in [0, 0.05) is 13.5 Å². The fourth-order valence-corrected chi connectivity index (χ4v) is 5.06. The van der Waals surface area contributed by atoms with Crippen molar-refractivity contribution >= 4 is 44.0 Å². The van der Waals surface area contributed by atoms with E-state index in [2.05, 4.69) is 10.6 Å². The highest BCUT2D eigenvalue weighted by Crippen LogP contribution is 2.34. The van der Waals surface area contributed by atoms with Crippen LogP contribution in [0.2, 0.25) is 0 Å². The third kappa shape index (κ3) is 5.82. The molecule has 2 rings (SSSR count). The van der Waals surface area contributed by atoms with E-state index in [1.54, 1.807) is 13.8 Å². The number of hydrogen-bond acceptors (Lipinski definition) is 8. The highest BCUT2D eigenvalue weighted by atomic mass is 32.2. The molecule has 0 saturated heterocycles. The van der Waals surface area contributed by atoms with Crippen LogP contribution in [0.15, 0.2) is 29.2 Å². The van der Waals surface area contributed by atoms with Gasteiger partial charge in [0.05, 0.1) is 29.9 Å². The molecule has 0 spiro atoms. The van der Waals surface area contributed by atoms with Gasteiger partial charge in [0.1, 0.15) is 15.6 Å². The summed E-state index contributed by atoms with van der Waals surface area (Å²) < 4.78 is 35.0. The maximum absolute atomic E-state index is 12.5. The number of amides is 2. The summed E-state index contributed by atoms with van der Waals surface area (Å²) in [5.74, 6) is -1.58. The zero-order chi connectivity index (χ0) is 23.2. The van der Waals surface area contributed by atoms with Crippen LogP contribution in [0, 0.1) is 6.92 Å². The Balaban J connectivity index is 2.17. The smallest absolute Gasteiger partial charge is 0.348 e. The minimum atomic E-state index is -3.69. The van der Waals surface area contributed by atoms with Crippen molar-refractivity contribution in [2.24, 2.45) is 0 Å². The first-order valence-corrected chi connectivity index (χ1v) is 11.8. The summed E-state index contributed by atoms with van der Waals surface area (Å²) in [5.41, 5.74) is 0.519. The van der Waals surface area contributed by atoms with Gasteiger partial charge in [-0.2, -0.15) is 0 Å². The van der Waals surface area contributed by atoms with E-state index in [-0.39, 0.29) is 33.4 Å². The Labute approximate surface area is 184 Å². The number of sulfone groups is 1. The second-order valence-corrected chi connectivity index (χ2v) is 9.48. The van der Waals surface area contributed by atoms with E-state index < -0.39 is 33.4 Å². The van der Waals surface area contributed by atoms with E-state index >= 15 is 0 Å². The second kappa shape index (κ2) is 10.4. The van der Waals surface area contributed by atoms with Crippen LogP contribution in [-0.4, -0.2) is 52.7 Å². The van der Waals surface area contributed by atoms with Crippen LogP contribution in [0.25, 0.3) is 0 Å². The average molecular weight is 469 g/mol. The van der Waals surface area contributed by atoms with Crippen molar-refractivity contribution in [2.45, 2.75) is 25.2 Å². The highest BCUT2D eigenvalue weighted by Gasteiger charge is 2.26. The fraction of sp³-hybridized carbons (Fsp3) is 0.350. The van der Waals surface area contributed by atoms with Crippen LogP contribution in [0.5, 0.6) is 5.75 Å². The minimum absolute atomic E-state index is 0.0729. The summed E-state index contributed by atoms with van der Waals surface area (Å²) in [6.45, 7) is 3.40. The van der Waals surface area contributed by atoms with Crippen LogP contribution in [0.1, 0.15) is 38.9 Å². The van der Waals surface area contributed by atoms with E-state index in [4.69, 9.17) is 9.47 Å². The van der Waals surface area contributed by atoms with Crippen LogP contribution in [-0.2, 0) is 19.4 Å². The Morgan fingerprint density at radius 3 is 2.32 bits per heavy atom. The molecule has 1 heterocycles. The van der Waals surface area contributed by atoms with Gasteiger partial charge in [0.25, 0.3) is 5.91 Å². The summed E-state index contributed by atoms with van der Waals surface area (Å²) in [6.07, 6.45) is -0.326. The van der Waals surface area contributed by atoms with Gasteiger partial charge in [-0.25, -0.2) is 13.2 Å². The number of thiophene rings is 1. The van der Waals surface area contributed by atoms with Crippen molar-refractivity contribution < 1.29 is 32.3 Å². The largest absolute Gasteiger partial charge is 0.497 e. The lowest BCUT2D eigenvalue weighted by atomic mass is 10.1. The van der Waals surface area contributed by atoms with Gasteiger partial charge in [0.2, 0.25) is 5.91 Å². The number of methoxy groups -OCH3 is 1. The van der Waals surface area contributed by atoms with Gasteiger partial charge in [-0.3, -0.25) is 9.59 Å². The summed E-state index contributed by atoms with van der Waals surface area (Å²) in [4.78, 5) is 37.1. The van der Waals surface area contributed by atoms with Gasteiger partial charge in [-0.05, 0) is 43.7 Å². The fourth-order valence-electron chi connectivity index (χ4n) is 2.71. The molecule has 2 aromatic rings. The molecule has 9 nitrogen and oxygen atoms in total. The zero-order valence-corrected chi connectivity index (χ0v) is 19.2. The van der Waals surface area contributed by atoms with Gasteiger partial charge >= 0.3 is 5.97 Å². The van der Waals surface area contributed by atoms with Crippen LogP contribution in [0.3, 0.4) is 0 Å². The molecule has 2 N–H and O–H groups in total. The van der Waals surface area contributed by atoms with Crippen molar-refractivity contribution in [3.05, 3.63) is 40.3 Å². The van der Waals surface area contributed by atoms with Crippen molar-refractivity contribution in [3.63, 3.8) is 0 Å². The molecule has 11 heteroatoms. The zero-order valence-electron chi connectivity index (χ0n) is 17.6. The Morgan fingerprint density at radius 2 is 1.77 bits per heavy atom. The predicted octanol–water partition coefficient (Wildman–Crippen LogP) is 2.40. The van der Waals surface area contributed by atoms with Crippen molar-refractivity contribution in [2.75, 3.05) is 31.8 Å². The monoisotopic (exact) mass is 468 g/mol. The average Bonchev–Trinajstić information content (AvgIpc) is 3.07. The van der Waals surface area contributed by atoms with E-state index in [9.17, 15) is 22.8 Å². The molecule has 0 saturated carbocycles. The number of esters is 1. The first-order valence-electron chi connectivity index (χ1n) is 9.33. The number of carbonyl (C=O) groups is 3. The van der Waals surface area contributed by atoms with E-state index in [0.717, 1.165) is 11.3 Å². The van der Waals surface area contributed by atoms with Gasteiger partial charge in [-0.15, -0.1) is 11.3 Å². The Morgan fingerprint density at radius 1 is 1.13 bits per heavy atom. The molecule has 0 atom stereocenters. The molecule has 168 valence electrons. The second-order valence-electron chi connectivity index (χ2n) is 6.35. The van der Waals surface area contributed by atoms with Gasteiger partial charge < -0.3 is 20.1 Å². The third-order valence-electron chi connectivity index (χ3n) is 4.33. The molecule has 0 aliphatic heterocycles. The highest BCUT2D eigenvalue weighted by molar-refractivity contribution is 7.91. The summed E-state index contributed by atoms with van der Waals surface area (Å²) >= 11 is 0.909. The maximum Gasteiger partial charge on any atom is 0.348 e. The number of anilines is 1. The predicted molar refractivity (Wildman–Crippen MR) is 117 cm³/mol. The number of carbonyl (C=O) groups excluding carboxylic acids is 3.